The minimum atomic E-state index is 0.570. The molecule has 0 saturated carbocycles. The molecular weight excluding hydrogens is 174 g/mol. The summed E-state index contributed by atoms with van der Waals surface area (Å²) in [4.78, 5) is 3.94. The Labute approximate surface area is 83.2 Å². The van der Waals surface area contributed by atoms with Gasteiger partial charge in [0, 0.05) is 12.4 Å². The molecule has 2 heteroatoms. The summed E-state index contributed by atoms with van der Waals surface area (Å²) >= 11 is 0. The average Bonchev–Trinajstić information content (AvgIpc) is 2.29. The third-order valence-electron chi connectivity index (χ3n) is 1.83. The smallest absolute Gasteiger partial charge is 0.120 e. The molecule has 0 bridgehead atoms. The SMILES string of the molecule is [c]1cccc(OCc2ccncc2)c1. The average molecular weight is 184 g/mol. The van der Waals surface area contributed by atoms with Gasteiger partial charge in [-0.05, 0) is 35.9 Å². The summed E-state index contributed by atoms with van der Waals surface area (Å²) < 4.78 is 5.53. The molecule has 1 radical (unpaired) electrons. The number of aromatic nitrogens is 1. The van der Waals surface area contributed by atoms with Crippen molar-refractivity contribution < 1.29 is 4.74 Å². The van der Waals surface area contributed by atoms with E-state index in [1.807, 2.05) is 36.4 Å². The highest BCUT2D eigenvalue weighted by molar-refractivity contribution is 5.21. The lowest BCUT2D eigenvalue weighted by Crippen LogP contribution is -1.94. The number of hydrogen-bond donors (Lipinski definition) is 0. The highest BCUT2D eigenvalue weighted by atomic mass is 16.5. The van der Waals surface area contributed by atoms with Crippen LogP contribution in [0, 0.1) is 6.07 Å². The monoisotopic (exact) mass is 184 g/mol. The zero-order valence-corrected chi connectivity index (χ0v) is 7.68. The van der Waals surface area contributed by atoms with Gasteiger partial charge in [-0.3, -0.25) is 4.98 Å². The first kappa shape index (κ1) is 8.75. The first-order valence-electron chi connectivity index (χ1n) is 4.43. The van der Waals surface area contributed by atoms with Gasteiger partial charge in [0.15, 0.2) is 0 Å². The molecule has 2 aromatic rings. The van der Waals surface area contributed by atoms with Crippen LogP contribution in [-0.2, 0) is 6.61 Å². The van der Waals surface area contributed by atoms with Gasteiger partial charge in [0.25, 0.3) is 0 Å². The summed E-state index contributed by atoms with van der Waals surface area (Å²) in [6.07, 6.45) is 3.52. The maximum Gasteiger partial charge on any atom is 0.120 e. The minimum absolute atomic E-state index is 0.570. The van der Waals surface area contributed by atoms with E-state index >= 15 is 0 Å². The lowest BCUT2D eigenvalue weighted by atomic mass is 10.3. The van der Waals surface area contributed by atoms with Gasteiger partial charge in [0.2, 0.25) is 0 Å². The molecule has 69 valence electrons. The van der Waals surface area contributed by atoms with Gasteiger partial charge in [-0.15, -0.1) is 0 Å². The second-order valence-corrected chi connectivity index (χ2v) is 2.88. The molecule has 0 aliphatic rings. The Bertz CT molecular complexity index is 333. The number of hydrogen-bond acceptors (Lipinski definition) is 2. The van der Waals surface area contributed by atoms with E-state index in [-0.39, 0.29) is 0 Å². The molecule has 0 aliphatic heterocycles. The lowest BCUT2D eigenvalue weighted by Gasteiger charge is -2.04. The van der Waals surface area contributed by atoms with Crippen molar-refractivity contribution in [2.24, 2.45) is 0 Å². The molecule has 1 heterocycles. The van der Waals surface area contributed by atoms with Crippen molar-refractivity contribution in [2.45, 2.75) is 6.61 Å². The fraction of sp³-hybridized carbons (Fsp3) is 0.0833. The molecule has 0 fully saturated rings. The molecule has 0 saturated heterocycles. The van der Waals surface area contributed by atoms with E-state index in [1.165, 1.54) is 0 Å². The molecular formula is C12H10NO. The molecule has 0 spiro atoms. The predicted molar refractivity (Wildman–Crippen MR) is 53.8 cm³/mol. The number of ether oxygens (including phenoxy) is 1. The molecule has 1 aromatic heterocycles. The molecule has 0 aliphatic carbocycles. The van der Waals surface area contributed by atoms with Gasteiger partial charge in [-0.2, -0.15) is 0 Å². The standard InChI is InChI=1S/C12H10NO/c1-2-4-12(5-3-1)14-10-11-6-8-13-9-7-11/h1-2,4-9H,10H2. The van der Waals surface area contributed by atoms with Crippen molar-refractivity contribution in [2.75, 3.05) is 0 Å². The van der Waals surface area contributed by atoms with Crippen LogP contribution in [0.4, 0.5) is 0 Å². The van der Waals surface area contributed by atoms with Crippen molar-refractivity contribution in [1.29, 1.82) is 0 Å². The molecule has 0 amide bonds. The van der Waals surface area contributed by atoms with Gasteiger partial charge in [-0.25, -0.2) is 0 Å². The highest BCUT2D eigenvalue weighted by Crippen LogP contribution is 2.10. The van der Waals surface area contributed by atoms with Gasteiger partial charge in [0.1, 0.15) is 12.4 Å². The first-order chi connectivity index (χ1) is 6.95. The van der Waals surface area contributed by atoms with Crippen molar-refractivity contribution in [3.8, 4) is 5.75 Å². The minimum Gasteiger partial charge on any atom is -0.489 e. The summed E-state index contributed by atoms with van der Waals surface area (Å²) in [5.74, 6) is 0.837. The van der Waals surface area contributed by atoms with Crippen LogP contribution in [0.15, 0.2) is 48.8 Å². The van der Waals surface area contributed by atoms with E-state index in [0.717, 1.165) is 11.3 Å². The quantitative estimate of drug-likeness (QED) is 0.731. The molecule has 0 N–H and O–H groups in total. The topological polar surface area (TPSA) is 22.1 Å². The van der Waals surface area contributed by atoms with E-state index in [9.17, 15) is 0 Å². The third kappa shape index (κ3) is 2.33. The van der Waals surface area contributed by atoms with Crippen LogP contribution in [0.25, 0.3) is 0 Å². The molecule has 0 unspecified atom stereocenters. The van der Waals surface area contributed by atoms with Crippen molar-refractivity contribution in [3.63, 3.8) is 0 Å². The van der Waals surface area contributed by atoms with Crippen LogP contribution in [0.2, 0.25) is 0 Å². The second-order valence-electron chi connectivity index (χ2n) is 2.88. The van der Waals surface area contributed by atoms with Crippen molar-refractivity contribution in [3.05, 3.63) is 60.4 Å². The van der Waals surface area contributed by atoms with Gasteiger partial charge in [-0.1, -0.05) is 12.1 Å². The van der Waals surface area contributed by atoms with E-state index in [1.54, 1.807) is 12.4 Å². The van der Waals surface area contributed by atoms with Crippen LogP contribution in [0.3, 0.4) is 0 Å². The predicted octanol–water partition coefficient (Wildman–Crippen LogP) is 2.46. The summed E-state index contributed by atoms with van der Waals surface area (Å²) in [6.45, 7) is 0.570. The third-order valence-corrected chi connectivity index (χ3v) is 1.83. The first-order valence-corrected chi connectivity index (χ1v) is 4.43. The van der Waals surface area contributed by atoms with Crippen LogP contribution >= 0.6 is 0 Å². The zero-order chi connectivity index (χ0) is 9.64. The Morgan fingerprint density at radius 1 is 1.21 bits per heavy atom. The maximum atomic E-state index is 5.53. The van der Waals surface area contributed by atoms with Gasteiger partial charge < -0.3 is 4.74 Å². The lowest BCUT2D eigenvalue weighted by molar-refractivity contribution is 0.306. The Kier molecular flexibility index (Phi) is 2.76. The number of nitrogens with zero attached hydrogens (tertiary/aromatic N) is 1. The molecule has 2 nitrogen and oxygen atoms in total. The van der Waals surface area contributed by atoms with E-state index in [4.69, 9.17) is 4.74 Å². The van der Waals surface area contributed by atoms with Crippen LogP contribution in [0.5, 0.6) is 5.75 Å². The highest BCUT2D eigenvalue weighted by Gasteiger charge is 1.93. The van der Waals surface area contributed by atoms with Crippen LogP contribution in [0.1, 0.15) is 5.56 Å². The normalized spacial score (nSPS) is 9.71. The Balaban J connectivity index is 1.96. The summed E-state index contributed by atoms with van der Waals surface area (Å²) in [5.41, 5.74) is 1.11. The Morgan fingerprint density at radius 3 is 2.79 bits per heavy atom. The summed E-state index contributed by atoms with van der Waals surface area (Å²) in [7, 11) is 0. The molecule has 14 heavy (non-hydrogen) atoms. The van der Waals surface area contributed by atoms with Gasteiger partial charge in [0.05, 0.1) is 0 Å². The second kappa shape index (κ2) is 4.42. The Morgan fingerprint density at radius 2 is 2.07 bits per heavy atom. The van der Waals surface area contributed by atoms with E-state index in [0.29, 0.717) is 6.61 Å². The molecule has 0 atom stereocenters. The largest absolute Gasteiger partial charge is 0.489 e. The number of rotatable bonds is 3. The van der Waals surface area contributed by atoms with Crippen molar-refractivity contribution in [1.82, 2.24) is 4.98 Å². The van der Waals surface area contributed by atoms with E-state index in [2.05, 4.69) is 11.1 Å². The summed E-state index contributed by atoms with van der Waals surface area (Å²) in [6, 6.07) is 14.3. The number of pyridine rings is 1. The fourth-order valence-electron chi connectivity index (χ4n) is 1.11. The fourth-order valence-corrected chi connectivity index (χ4v) is 1.11. The molecule has 1 aromatic carbocycles. The van der Waals surface area contributed by atoms with Crippen LogP contribution < -0.4 is 4.74 Å². The Hall–Kier alpha value is -1.83. The zero-order valence-electron chi connectivity index (χ0n) is 7.68. The van der Waals surface area contributed by atoms with E-state index < -0.39 is 0 Å². The van der Waals surface area contributed by atoms with Gasteiger partial charge >= 0.3 is 0 Å². The van der Waals surface area contributed by atoms with Crippen LogP contribution in [-0.4, -0.2) is 4.98 Å². The number of benzene rings is 1. The summed E-state index contributed by atoms with van der Waals surface area (Å²) in [5, 5.41) is 0. The van der Waals surface area contributed by atoms with Crippen molar-refractivity contribution >= 4 is 0 Å². The maximum absolute atomic E-state index is 5.53. The molecule has 2 rings (SSSR count).